The summed E-state index contributed by atoms with van der Waals surface area (Å²) in [4.78, 5) is 22.2. The van der Waals surface area contributed by atoms with Crippen molar-refractivity contribution in [1.29, 1.82) is 0 Å². The molecule has 4 rings (SSSR count). The first-order valence-electron chi connectivity index (χ1n) is 11.6. The molecule has 1 heterocycles. The summed E-state index contributed by atoms with van der Waals surface area (Å²) in [6.45, 7) is 0. The number of nitrogens with one attached hydrogen (secondary N) is 1. The van der Waals surface area contributed by atoms with Crippen LogP contribution in [0.3, 0.4) is 0 Å². The van der Waals surface area contributed by atoms with Crippen LogP contribution in [0, 0.1) is 5.92 Å². The second-order valence-corrected chi connectivity index (χ2v) is 8.52. The summed E-state index contributed by atoms with van der Waals surface area (Å²) < 4.78 is 5.26. The number of hydrogen-bond acceptors (Lipinski definition) is 4. The van der Waals surface area contributed by atoms with E-state index in [-0.39, 0.29) is 5.91 Å². The largest absolute Gasteiger partial charge is 0.497 e. The van der Waals surface area contributed by atoms with Crippen molar-refractivity contribution < 1.29 is 9.53 Å². The highest BCUT2D eigenvalue weighted by Crippen LogP contribution is 2.30. The Morgan fingerprint density at radius 3 is 2.53 bits per heavy atom. The van der Waals surface area contributed by atoms with Crippen molar-refractivity contribution in [1.82, 2.24) is 9.97 Å². The predicted molar refractivity (Wildman–Crippen MR) is 128 cm³/mol. The third-order valence-corrected chi connectivity index (χ3v) is 6.16. The van der Waals surface area contributed by atoms with E-state index in [1.54, 1.807) is 13.3 Å². The summed E-state index contributed by atoms with van der Waals surface area (Å²) in [6, 6.07) is 18.1. The lowest BCUT2D eigenvalue weighted by Gasteiger charge is -2.14. The average molecular weight is 430 g/mol. The number of methoxy groups -OCH3 is 1. The molecule has 0 spiro atoms. The Labute approximate surface area is 190 Å². The van der Waals surface area contributed by atoms with E-state index in [0.29, 0.717) is 18.2 Å². The normalized spacial score (nSPS) is 13.8. The van der Waals surface area contributed by atoms with Crippen LogP contribution in [-0.4, -0.2) is 23.0 Å². The van der Waals surface area contributed by atoms with Crippen molar-refractivity contribution in [2.75, 3.05) is 12.4 Å². The molecule has 0 bridgehead atoms. The minimum Gasteiger partial charge on any atom is -0.497 e. The third kappa shape index (κ3) is 5.94. The van der Waals surface area contributed by atoms with Crippen molar-refractivity contribution in [3.8, 4) is 17.0 Å². The lowest BCUT2D eigenvalue weighted by atomic mass is 10.0. The van der Waals surface area contributed by atoms with Crippen LogP contribution < -0.4 is 10.1 Å². The number of ether oxygens (including phenoxy) is 1. The monoisotopic (exact) mass is 429 g/mol. The van der Waals surface area contributed by atoms with Gasteiger partial charge in [0, 0.05) is 12.0 Å². The van der Waals surface area contributed by atoms with Gasteiger partial charge in [-0.05, 0) is 55.0 Å². The molecule has 2 aromatic carbocycles. The van der Waals surface area contributed by atoms with Gasteiger partial charge in [0.25, 0.3) is 0 Å². The van der Waals surface area contributed by atoms with E-state index < -0.39 is 0 Å². The van der Waals surface area contributed by atoms with Gasteiger partial charge in [0.05, 0.1) is 24.7 Å². The zero-order chi connectivity index (χ0) is 22.2. The highest BCUT2D eigenvalue weighted by molar-refractivity contribution is 5.90. The predicted octanol–water partition coefficient (Wildman–Crippen LogP) is 5.85. The molecule has 1 aliphatic carbocycles. The number of rotatable bonds is 9. The van der Waals surface area contributed by atoms with Crippen molar-refractivity contribution in [2.24, 2.45) is 5.92 Å². The summed E-state index contributed by atoms with van der Waals surface area (Å²) in [7, 11) is 1.66. The van der Waals surface area contributed by atoms with Gasteiger partial charge in [-0.1, -0.05) is 56.0 Å². The molecular formula is C27H31N3O2. The zero-order valence-electron chi connectivity index (χ0n) is 18.7. The maximum Gasteiger partial charge on any atom is 0.225 e. The molecule has 5 heteroatoms. The van der Waals surface area contributed by atoms with E-state index in [9.17, 15) is 4.79 Å². The molecule has 0 saturated heterocycles. The maximum atomic E-state index is 12.6. The van der Waals surface area contributed by atoms with E-state index in [1.807, 2.05) is 42.5 Å². The molecule has 5 nitrogen and oxygen atoms in total. The van der Waals surface area contributed by atoms with Crippen LogP contribution >= 0.6 is 0 Å². The number of hydrogen-bond donors (Lipinski definition) is 1. The van der Waals surface area contributed by atoms with Crippen LogP contribution in [0.5, 0.6) is 5.75 Å². The Morgan fingerprint density at radius 2 is 1.81 bits per heavy atom. The Hall–Kier alpha value is -3.21. The quantitative estimate of drug-likeness (QED) is 0.464. The number of benzene rings is 2. The number of aryl methyl sites for hydroxylation is 1. The third-order valence-electron chi connectivity index (χ3n) is 6.16. The number of amides is 1. The van der Waals surface area contributed by atoms with Gasteiger partial charge in [-0.15, -0.1) is 0 Å². The highest BCUT2D eigenvalue weighted by Gasteiger charge is 2.20. The molecule has 3 aromatic rings. The Morgan fingerprint density at radius 1 is 1.06 bits per heavy atom. The Kier molecular flexibility index (Phi) is 7.49. The lowest BCUT2D eigenvalue weighted by molar-refractivity contribution is -0.116. The first-order valence-corrected chi connectivity index (χ1v) is 11.6. The molecule has 0 unspecified atom stereocenters. The van der Waals surface area contributed by atoms with Gasteiger partial charge in [-0.2, -0.15) is 0 Å². The fraction of sp³-hybridized carbons (Fsp3) is 0.370. The molecule has 1 fully saturated rings. The molecule has 1 aliphatic rings. The van der Waals surface area contributed by atoms with Gasteiger partial charge in [0.2, 0.25) is 5.91 Å². The molecule has 1 amide bonds. The molecule has 166 valence electrons. The molecule has 1 N–H and O–H groups in total. The van der Waals surface area contributed by atoms with Gasteiger partial charge < -0.3 is 10.1 Å². The van der Waals surface area contributed by atoms with Gasteiger partial charge in [0.1, 0.15) is 5.75 Å². The van der Waals surface area contributed by atoms with E-state index in [1.165, 1.54) is 31.2 Å². The zero-order valence-corrected chi connectivity index (χ0v) is 18.7. The standard InChI is InChI=1S/C27H31N3O2/c1-32-23-16-14-22(15-17-23)25-19-28-27(24(29-25)18-21-10-5-6-11-21)30-26(31)13-7-12-20-8-3-2-4-9-20/h2-4,8-9,14-17,19,21H,5-7,10-13,18H2,1H3,(H,28,30,31). The minimum absolute atomic E-state index is 0.0000931. The number of anilines is 1. The van der Waals surface area contributed by atoms with Crippen LogP contribution in [0.2, 0.25) is 0 Å². The summed E-state index contributed by atoms with van der Waals surface area (Å²) in [5.41, 5.74) is 3.96. The lowest BCUT2D eigenvalue weighted by Crippen LogP contribution is -2.16. The SMILES string of the molecule is COc1ccc(-c2cnc(NC(=O)CCCc3ccccc3)c(CC3CCCC3)n2)cc1. The van der Waals surface area contributed by atoms with Crippen LogP contribution in [0.15, 0.2) is 60.8 Å². The summed E-state index contributed by atoms with van der Waals surface area (Å²) in [5.74, 6) is 2.04. The second kappa shape index (κ2) is 10.9. The van der Waals surface area contributed by atoms with E-state index >= 15 is 0 Å². The van der Waals surface area contributed by atoms with Gasteiger partial charge in [0.15, 0.2) is 5.82 Å². The van der Waals surface area contributed by atoms with Crippen LogP contribution in [0.1, 0.15) is 49.8 Å². The first kappa shape index (κ1) is 22.0. The van der Waals surface area contributed by atoms with Crippen molar-refractivity contribution in [3.63, 3.8) is 0 Å². The van der Waals surface area contributed by atoms with Crippen LogP contribution in [0.25, 0.3) is 11.3 Å². The summed E-state index contributed by atoms with van der Waals surface area (Å²) in [6.07, 6.45) is 9.78. The van der Waals surface area contributed by atoms with Crippen LogP contribution in [-0.2, 0) is 17.6 Å². The molecule has 0 radical (unpaired) electrons. The average Bonchev–Trinajstić information content (AvgIpc) is 3.34. The smallest absolute Gasteiger partial charge is 0.225 e. The number of carbonyl (C=O) groups is 1. The Bertz CT molecular complexity index is 1010. The van der Waals surface area contributed by atoms with Crippen molar-refractivity contribution >= 4 is 11.7 Å². The fourth-order valence-corrected chi connectivity index (χ4v) is 4.36. The number of aromatic nitrogens is 2. The van der Waals surface area contributed by atoms with E-state index in [0.717, 1.165) is 42.0 Å². The summed E-state index contributed by atoms with van der Waals surface area (Å²) in [5, 5.41) is 3.04. The van der Waals surface area contributed by atoms with Crippen LogP contribution in [0.4, 0.5) is 5.82 Å². The molecule has 1 saturated carbocycles. The number of carbonyl (C=O) groups excluding carboxylic acids is 1. The second-order valence-electron chi connectivity index (χ2n) is 8.52. The van der Waals surface area contributed by atoms with E-state index in [2.05, 4.69) is 22.4 Å². The Balaban J connectivity index is 1.46. The van der Waals surface area contributed by atoms with Gasteiger partial charge >= 0.3 is 0 Å². The van der Waals surface area contributed by atoms with E-state index in [4.69, 9.17) is 9.72 Å². The maximum absolute atomic E-state index is 12.6. The van der Waals surface area contributed by atoms with Gasteiger partial charge in [-0.3, -0.25) is 4.79 Å². The van der Waals surface area contributed by atoms with Crippen molar-refractivity contribution in [2.45, 2.75) is 51.4 Å². The van der Waals surface area contributed by atoms with Gasteiger partial charge in [-0.25, -0.2) is 9.97 Å². The highest BCUT2D eigenvalue weighted by atomic mass is 16.5. The fourth-order valence-electron chi connectivity index (χ4n) is 4.36. The van der Waals surface area contributed by atoms with Crippen molar-refractivity contribution in [3.05, 3.63) is 72.1 Å². The summed E-state index contributed by atoms with van der Waals surface area (Å²) >= 11 is 0. The molecule has 0 atom stereocenters. The molecule has 0 aliphatic heterocycles. The molecule has 1 aromatic heterocycles. The number of nitrogens with zero attached hydrogens (tertiary/aromatic N) is 2. The first-order chi connectivity index (χ1) is 15.7. The topological polar surface area (TPSA) is 64.1 Å². The molecule has 32 heavy (non-hydrogen) atoms. The molecular weight excluding hydrogens is 398 g/mol. The minimum atomic E-state index is 0.0000931.